The highest BCUT2D eigenvalue weighted by Crippen LogP contribution is 2.35. The predicted molar refractivity (Wildman–Crippen MR) is 71.5 cm³/mol. The molecule has 5 heteroatoms. The second-order valence-corrected chi connectivity index (χ2v) is 4.96. The summed E-state index contributed by atoms with van der Waals surface area (Å²) < 4.78 is 13.0. The molecule has 100 valence electrons. The van der Waals surface area contributed by atoms with Crippen LogP contribution in [0.5, 0.6) is 0 Å². The van der Waals surface area contributed by atoms with Gasteiger partial charge in [0.05, 0.1) is 17.9 Å². The highest BCUT2D eigenvalue weighted by molar-refractivity contribution is 5.28. The molecule has 1 heterocycles. The normalized spacial score (nSPS) is 13.3. The van der Waals surface area contributed by atoms with E-state index < -0.39 is 0 Å². The van der Waals surface area contributed by atoms with Gasteiger partial charge >= 0.3 is 0 Å². The summed E-state index contributed by atoms with van der Waals surface area (Å²) in [5.41, 5.74) is 4.15. The second kappa shape index (κ2) is 5.42. The number of nitrogens with one attached hydrogen (secondary N) is 1. The topological polar surface area (TPSA) is 63.8 Å². The van der Waals surface area contributed by atoms with Crippen LogP contribution >= 0.6 is 0 Å². The molecule has 1 atom stereocenters. The molecule has 3 N–H and O–H groups in total. The van der Waals surface area contributed by atoms with Crippen molar-refractivity contribution in [1.82, 2.24) is 15.4 Å². The van der Waals surface area contributed by atoms with Gasteiger partial charge in [0.25, 0.3) is 0 Å². The average molecular weight is 260 g/mol. The molecule has 0 bridgehead atoms. The first kappa shape index (κ1) is 13.6. The Balaban J connectivity index is 2.38. The quantitative estimate of drug-likeness (QED) is 0.652. The third-order valence-electron chi connectivity index (χ3n) is 3.36. The van der Waals surface area contributed by atoms with Crippen molar-refractivity contribution in [2.75, 3.05) is 0 Å². The Hall–Kier alpha value is -1.85. The van der Waals surface area contributed by atoms with Crippen LogP contribution in [0.4, 0.5) is 4.39 Å². The molecule has 0 aliphatic rings. The molecular formula is C14H17FN4. The van der Waals surface area contributed by atoms with E-state index in [0.29, 0.717) is 0 Å². The second-order valence-electron chi connectivity index (χ2n) is 4.96. The van der Waals surface area contributed by atoms with Crippen molar-refractivity contribution in [2.45, 2.75) is 25.3 Å². The van der Waals surface area contributed by atoms with Crippen LogP contribution in [0.2, 0.25) is 0 Å². The maximum absolute atomic E-state index is 13.0. The fourth-order valence-electron chi connectivity index (χ4n) is 2.17. The highest BCUT2D eigenvalue weighted by atomic mass is 19.1. The molecule has 0 radical (unpaired) electrons. The third-order valence-corrected chi connectivity index (χ3v) is 3.36. The largest absolute Gasteiger partial charge is 0.271 e. The molecule has 0 amide bonds. The summed E-state index contributed by atoms with van der Waals surface area (Å²) >= 11 is 0. The van der Waals surface area contributed by atoms with Crippen LogP contribution in [0.1, 0.15) is 31.1 Å². The summed E-state index contributed by atoms with van der Waals surface area (Å²) in [5.74, 6) is 5.41. The van der Waals surface area contributed by atoms with E-state index in [1.54, 1.807) is 30.7 Å². The van der Waals surface area contributed by atoms with Crippen LogP contribution in [0.25, 0.3) is 0 Å². The molecule has 2 aromatic rings. The number of hydrogen-bond acceptors (Lipinski definition) is 4. The van der Waals surface area contributed by atoms with Crippen molar-refractivity contribution >= 4 is 0 Å². The Morgan fingerprint density at radius 2 is 1.89 bits per heavy atom. The lowest BCUT2D eigenvalue weighted by Crippen LogP contribution is -2.41. The Kier molecular flexibility index (Phi) is 3.87. The zero-order valence-corrected chi connectivity index (χ0v) is 11.0. The first-order valence-electron chi connectivity index (χ1n) is 6.04. The Morgan fingerprint density at radius 3 is 2.42 bits per heavy atom. The summed E-state index contributed by atoms with van der Waals surface area (Å²) in [7, 11) is 0. The van der Waals surface area contributed by atoms with Crippen molar-refractivity contribution in [3.05, 3.63) is 59.9 Å². The van der Waals surface area contributed by atoms with Crippen molar-refractivity contribution in [3.8, 4) is 0 Å². The maximum Gasteiger partial charge on any atom is 0.123 e. The molecule has 1 aromatic heterocycles. The summed E-state index contributed by atoms with van der Waals surface area (Å²) in [5, 5.41) is 0. The van der Waals surface area contributed by atoms with Gasteiger partial charge in [0, 0.05) is 17.8 Å². The molecule has 1 unspecified atom stereocenters. The Bertz CT molecular complexity index is 525. The minimum absolute atomic E-state index is 0.216. The molecule has 0 spiro atoms. The Labute approximate surface area is 111 Å². The van der Waals surface area contributed by atoms with Gasteiger partial charge in [0.15, 0.2) is 0 Å². The fourth-order valence-corrected chi connectivity index (χ4v) is 2.17. The summed E-state index contributed by atoms with van der Waals surface area (Å²) in [6.07, 6.45) is 4.91. The first-order valence-corrected chi connectivity index (χ1v) is 6.04. The molecule has 0 saturated heterocycles. The molecular weight excluding hydrogens is 243 g/mol. The number of nitrogens with zero attached hydrogens (tertiary/aromatic N) is 2. The van der Waals surface area contributed by atoms with E-state index >= 15 is 0 Å². The highest BCUT2D eigenvalue weighted by Gasteiger charge is 2.33. The van der Waals surface area contributed by atoms with E-state index in [0.717, 1.165) is 11.3 Å². The maximum atomic E-state index is 13.0. The standard InChI is InChI=1S/C14H17FN4/c1-14(2,10-3-5-11(15)6-4-10)13(19-16)12-9-17-7-8-18-12/h3-9,13,19H,16H2,1-2H3. The monoisotopic (exact) mass is 260 g/mol. The third kappa shape index (κ3) is 2.77. The SMILES string of the molecule is CC(C)(c1ccc(F)cc1)C(NN)c1cnccn1. The van der Waals surface area contributed by atoms with Gasteiger partial charge < -0.3 is 0 Å². The number of hydrogen-bond donors (Lipinski definition) is 2. The van der Waals surface area contributed by atoms with Crippen molar-refractivity contribution in [3.63, 3.8) is 0 Å². The van der Waals surface area contributed by atoms with Gasteiger partial charge in [-0.2, -0.15) is 0 Å². The molecule has 19 heavy (non-hydrogen) atoms. The lowest BCUT2D eigenvalue weighted by molar-refractivity contribution is 0.345. The van der Waals surface area contributed by atoms with E-state index in [2.05, 4.69) is 15.4 Å². The summed E-state index contributed by atoms with van der Waals surface area (Å²) in [6, 6.07) is 6.20. The van der Waals surface area contributed by atoms with Gasteiger partial charge in [0.2, 0.25) is 0 Å². The molecule has 0 saturated carbocycles. The molecule has 4 nitrogen and oxygen atoms in total. The number of halogens is 1. The van der Waals surface area contributed by atoms with Crippen LogP contribution in [0, 0.1) is 5.82 Å². The van der Waals surface area contributed by atoms with Crippen LogP contribution in [0.3, 0.4) is 0 Å². The average Bonchev–Trinajstić information content (AvgIpc) is 2.41. The lowest BCUT2D eigenvalue weighted by atomic mass is 9.76. The van der Waals surface area contributed by atoms with E-state index in [1.165, 1.54) is 12.1 Å². The molecule has 2 rings (SSSR count). The summed E-state index contributed by atoms with van der Waals surface area (Å²) in [4.78, 5) is 8.34. The van der Waals surface area contributed by atoms with Crippen molar-refractivity contribution in [1.29, 1.82) is 0 Å². The molecule has 0 aliphatic heterocycles. The van der Waals surface area contributed by atoms with Gasteiger partial charge in [-0.15, -0.1) is 0 Å². The van der Waals surface area contributed by atoms with Crippen LogP contribution < -0.4 is 11.3 Å². The van der Waals surface area contributed by atoms with E-state index in [4.69, 9.17) is 5.84 Å². The van der Waals surface area contributed by atoms with Crippen molar-refractivity contribution in [2.24, 2.45) is 5.84 Å². The zero-order valence-electron chi connectivity index (χ0n) is 11.0. The van der Waals surface area contributed by atoms with Gasteiger partial charge in [-0.25, -0.2) is 4.39 Å². The predicted octanol–water partition coefficient (Wildman–Crippen LogP) is 2.10. The van der Waals surface area contributed by atoms with Crippen LogP contribution in [-0.2, 0) is 5.41 Å². The fraction of sp³-hybridized carbons (Fsp3) is 0.286. The van der Waals surface area contributed by atoms with Gasteiger partial charge in [-0.3, -0.25) is 21.2 Å². The molecule has 1 aromatic carbocycles. The zero-order chi connectivity index (χ0) is 13.9. The summed E-state index contributed by atoms with van der Waals surface area (Å²) in [6.45, 7) is 4.05. The van der Waals surface area contributed by atoms with Gasteiger partial charge in [0.1, 0.15) is 5.82 Å². The first-order chi connectivity index (χ1) is 9.05. The van der Waals surface area contributed by atoms with Crippen LogP contribution in [0.15, 0.2) is 42.9 Å². The molecule has 0 fully saturated rings. The van der Waals surface area contributed by atoms with Gasteiger partial charge in [-0.05, 0) is 17.7 Å². The number of benzene rings is 1. The van der Waals surface area contributed by atoms with E-state index in [-0.39, 0.29) is 17.3 Å². The number of rotatable bonds is 4. The molecule has 0 aliphatic carbocycles. The smallest absolute Gasteiger partial charge is 0.123 e. The van der Waals surface area contributed by atoms with E-state index in [1.807, 2.05) is 13.8 Å². The minimum atomic E-state index is -0.349. The minimum Gasteiger partial charge on any atom is -0.271 e. The number of aromatic nitrogens is 2. The van der Waals surface area contributed by atoms with E-state index in [9.17, 15) is 4.39 Å². The van der Waals surface area contributed by atoms with Crippen LogP contribution in [-0.4, -0.2) is 9.97 Å². The number of hydrazine groups is 1. The lowest BCUT2D eigenvalue weighted by Gasteiger charge is -2.33. The Morgan fingerprint density at radius 1 is 1.21 bits per heavy atom. The number of nitrogens with two attached hydrogens (primary N) is 1. The van der Waals surface area contributed by atoms with Gasteiger partial charge in [-0.1, -0.05) is 26.0 Å². The van der Waals surface area contributed by atoms with Crippen molar-refractivity contribution < 1.29 is 4.39 Å².